The molecule has 0 radical (unpaired) electrons. The molecule has 0 unspecified atom stereocenters. The zero-order valence-corrected chi connectivity index (χ0v) is 15.8. The van der Waals surface area contributed by atoms with Gasteiger partial charge in [0.1, 0.15) is 5.65 Å². The number of benzene rings is 1. The lowest BCUT2D eigenvalue weighted by atomic mass is 10.0. The highest BCUT2D eigenvalue weighted by atomic mass is 79.9. The summed E-state index contributed by atoms with van der Waals surface area (Å²) < 4.78 is 5.38. The van der Waals surface area contributed by atoms with E-state index in [-0.39, 0.29) is 11.2 Å². The molecule has 0 fully saturated rings. The summed E-state index contributed by atoms with van der Waals surface area (Å²) in [5.41, 5.74) is 2.26. The van der Waals surface area contributed by atoms with Crippen LogP contribution >= 0.6 is 15.9 Å². The number of pyridine rings is 1. The molecule has 0 spiro atoms. The average Bonchev–Trinajstić information content (AvgIpc) is 3.07. The molecule has 3 aromatic heterocycles. The number of hydrogen-bond donors (Lipinski definition) is 0. The fourth-order valence-electron chi connectivity index (χ4n) is 3.08. The zero-order chi connectivity index (χ0) is 18.4. The van der Waals surface area contributed by atoms with E-state index in [0.29, 0.717) is 17.0 Å². The van der Waals surface area contributed by atoms with Gasteiger partial charge in [-0.25, -0.2) is 9.78 Å². The smallest absolute Gasteiger partial charge is 0.306 e. The molecule has 3 heterocycles. The first kappa shape index (κ1) is 16.5. The number of fused-ring (bicyclic) bond motifs is 1. The van der Waals surface area contributed by atoms with Gasteiger partial charge in [-0.2, -0.15) is 0 Å². The summed E-state index contributed by atoms with van der Waals surface area (Å²) in [5, 5.41) is 0. The van der Waals surface area contributed by atoms with Crippen molar-refractivity contribution in [2.75, 3.05) is 0 Å². The summed E-state index contributed by atoms with van der Waals surface area (Å²) in [6, 6.07) is 13.2. The molecule has 0 aliphatic rings. The second-order valence-corrected chi connectivity index (χ2v) is 6.94. The third-order valence-corrected chi connectivity index (χ3v) is 4.93. The van der Waals surface area contributed by atoms with Crippen LogP contribution in [-0.4, -0.2) is 18.5 Å². The van der Waals surface area contributed by atoms with E-state index in [2.05, 4.69) is 20.9 Å². The molecular weight excluding hydrogens is 396 g/mol. The van der Waals surface area contributed by atoms with E-state index in [1.54, 1.807) is 13.2 Å². The minimum absolute atomic E-state index is 0.366. The molecule has 0 aliphatic carbocycles. The number of rotatable bonds is 2. The quantitative estimate of drug-likeness (QED) is 0.510. The van der Waals surface area contributed by atoms with Crippen LogP contribution in [0, 0.1) is 0 Å². The lowest BCUT2D eigenvalue weighted by Crippen LogP contribution is -2.38. The van der Waals surface area contributed by atoms with Gasteiger partial charge < -0.3 is 4.40 Å². The maximum atomic E-state index is 13.0. The Labute approximate surface area is 157 Å². The standard InChI is InChI=1S/C19H15BrN4O2/c1-22-17(12-6-8-13(20)9-7-12)16(18(25)23(2)19(22)26)14-11-24-10-4-3-5-15(24)21-14/h3-11H,1-2H3. The highest BCUT2D eigenvalue weighted by Gasteiger charge is 2.21. The average molecular weight is 411 g/mol. The molecule has 1 aromatic carbocycles. The summed E-state index contributed by atoms with van der Waals surface area (Å²) in [5.74, 6) is 0. The molecule has 26 heavy (non-hydrogen) atoms. The largest absolute Gasteiger partial charge is 0.330 e. The normalized spacial score (nSPS) is 11.2. The Morgan fingerprint density at radius 2 is 1.69 bits per heavy atom. The number of hydrogen-bond acceptors (Lipinski definition) is 3. The van der Waals surface area contributed by atoms with Crippen LogP contribution in [0.15, 0.2) is 68.9 Å². The van der Waals surface area contributed by atoms with Crippen molar-refractivity contribution >= 4 is 21.6 Å². The second-order valence-electron chi connectivity index (χ2n) is 6.03. The van der Waals surface area contributed by atoms with E-state index in [0.717, 1.165) is 20.3 Å². The Bertz CT molecular complexity index is 1220. The fraction of sp³-hybridized carbons (Fsp3) is 0.105. The van der Waals surface area contributed by atoms with E-state index in [4.69, 9.17) is 0 Å². The van der Waals surface area contributed by atoms with Crippen LogP contribution in [0.4, 0.5) is 0 Å². The molecule has 0 aliphatic heterocycles. The van der Waals surface area contributed by atoms with Gasteiger partial charge in [0.05, 0.1) is 17.0 Å². The van der Waals surface area contributed by atoms with Gasteiger partial charge in [-0.3, -0.25) is 13.9 Å². The molecule has 6 nitrogen and oxygen atoms in total. The molecule has 0 N–H and O–H groups in total. The lowest BCUT2D eigenvalue weighted by Gasteiger charge is -2.14. The maximum Gasteiger partial charge on any atom is 0.330 e. The predicted octanol–water partition coefficient (Wildman–Crippen LogP) is 2.83. The number of imidazole rings is 1. The molecule has 0 saturated heterocycles. The van der Waals surface area contributed by atoms with Crippen LogP contribution in [0.2, 0.25) is 0 Å². The minimum Gasteiger partial charge on any atom is -0.306 e. The van der Waals surface area contributed by atoms with Gasteiger partial charge in [0.2, 0.25) is 0 Å². The van der Waals surface area contributed by atoms with Crippen molar-refractivity contribution in [3.05, 3.63) is 80.2 Å². The Hall–Kier alpha value is -2.93. The van der Waals surface area contributed by atoms with Crippen molar-refractivity contribution in [1.82, 2.24) is 18.5 Å². The first-order valence-electron chi connectivity index (χ1n) is 7.97. The van der Waals surface area contributed by atoms with Gasteiger partial charge >= 0.3 is 5.69 Å². The highest BCUT2D eigenvalue weighted by Crippen LogP contribution is 2.28. The summed E-state index contributed by atoms with van der Waals surface area (Å²) in [6.07, 6.45) is 3.68. The monoisotopic (exact) mass is 410 g/mol. The van der Waals surface area contributed by atoms with Crippen molar-refractivity contribution < 1.29 is 0 Å². The molecule has 0 atom stereocenters. The second kappa shape index (κ2) is 6.10. The molecule has 0 bridgehead atoms. The lowest BCUT2D eigenvalue weighted by molar-refractivity contribution is 0.694. The van der Waals surface area contributed by atoms with Gasteiger partial charge in [0, 0.05) is 31.0 Å². The van der Waals surface area contributed by atoms with Crippen molar-refractivity contribution in [3.63, 3.8) is 0 Å². The van der Waals surface area contributed by atoms with Crippen LogP contribution < -0.4 is 11.2 Å². The van der Waals surface area contributed by atoms with Gasteiger partial charge in [-0.15, -0.1) is 0 Å². The van der Waals surface area contributed by atoms with Crippen molar-refractivity contribution in [2.24, 2.45) is 14.1 Å². The van der Waals surface area contributed by atoms with Gasteiger partial charge in [0.25, 0.3) is 5.56 Å². The molecule has 0 amide bonds. The van der Waals surface area contributed by atoms with Gasteiger partial charge in [0.15, 0.2) is 0 Å². The molecule has 4 rings (SSSR count). The Balaban J connectivity index is 2.12. The van der Waals surface area contributed by atoms with Crippen molar-refractivity contribution in [1.29, 1.82) is 0 Å². The molecular formula is C19H15BrN4O2. The van der Waals surface area contributed by atoms with Crippen LogP contribution in [-0.2, 0) is 14.1 Å². The predicted molar refractivity (Wildman–Crippen MR) is 104 cm³/mol. The van der Waals surface area contributed by atoms with Crippen molar-refractivity contribution in [2.45, 2.75) is 0 Å². The maximum absolute atomic E-state index is 13.0. The third-order valence-electron chi connectivity index (χ3n) is 4.40. The van der Waals surface area contributed by atoms with Crippen LogP contribution in [0.3, 0.4) is 0 Å². The minimum atomic E-state index is -0.375. The topological polar surface area (TPSA) is 61.3 Å². The number of nitrogens with zero attached hydrogens (tertiary/aromatic N) is 4. The zero-order valence-electron chi connectivity index (χ0n) is 14.2. The number of aromatic nitrogens is 4. The summed E-state index contributed by atoms with van der Waals surface area (Å²) >= 11 is 3.41. The van der Waals surface area contributed by atoms with Gasteiger partial charge in [-0.05, 0) is 29.8 Å². The molecule has 7 heteroatoms. The molecule has 130 valence electrons. The summed E-state index contributed by atoms with van der Waals surface area (Å²) in [7, 11) is 3.15. The van der Waals surface area contributed by atoms with E-state index in [1.807, 2.05) is 53.1 Å². The van der Waals surface area contributed by atoms with E-state index < -0.39 is 0 Å². The van der Waals surface area contributed by atoms with Crippen LogP contribution in [0.5, 0.6) is 0 Å². The Morgan fingerprint density at radius 1 is 0.962 bits per heavy atom. The van der Waals surface area contributed by atoms with Crippen LogP contribution in [0.25, 0.3) is 28.2 Å². The first-order valence-corrected chi connectivity index (χ1v) is 8.77. The summed E-state index contributed by atoms with van der Waals surface area (Å²) in [6.45, 7) is 0. The first-order chi connectivity index (χ1) is 12.5. The summed E-state index contributed by atoms with van der Waals surface area (Å²) in [4.78, 5) is 30.1. The van der Waals surface area contributed by atoms with Gasteiger partial charge in [-0.1, -0.05) is 34.1 Å². The van der Waals surface area contributed by atoms with E-state index in [9.17, 15) is 9.59 Å². The molecule has 0 saturated carbocycles. The highest BCUT2D eigenvalue weighted by molar-refractivity contribution is 9.10. The number of halogens is 1. The Kier molecular flexibility index (Phi) is 3.88. The Morgan fingerprint density at radius 3 is 2.38 bits per heavy atom. The van der Waals surface area contributed by atoms with Crippen LogP contribution in [0.1, 0.15) is 0 Å². The van der Waals surface area contributed by atoms with Crippen molar-refractivity contribution in [3.8, 4) is 22.5 Å². The molecule has 4 aromatic rings. The van der Waals surface area contributed by atoms with E-state index in [1.165, 1.54) is 11.6 Å². The SMILES string of the molecule is Cn1c(-c2ccc(Br)cc2)c(-c2cn3ccccc3n2)c(=O)n(C)c1=O. The fourth-order valence-corrected chi connectivity index (χ4v) is 3.34. The van der Waals surface area contributed by atoms with E-state index >= 15 is 0 Å². The third kappa shape index (κ3) is 2.52.